The van der Waals surface area contributed by atoms with Crippen molar-refractivity contribution in [3.05, 3.63) is 31.8 Å². The molecule has 1 aromatic rings. The van der Waals surface area contributed by atoms with Gasteiger partial charge in [0.1, 0.15) is 5.69 Å². The minimum absolute atomic E-state index is 0.159. The maximum atomic E-state index is 10.6. The smallest absolute Gasteiger partial charge is 0.248 e. The standard InChI is InChI=1S/C7H4INO/c1-2-6-5(8)3-4-7(10)9-6/h1,3-4H,(H,9,10). The highest BCUT2D eigenvalue weighted by Gasteiger charge is 1.93. The van der Waals surface area contributed by atoms with Crippen molar-refractivity contribution < 1.29 is 0 Å². The third-order valence-corrected chi connectivity index (χ3v) is 1.91. The van der Waals surface area contributed by atoms with Gasteiger partial charge >= 0.3 is 0 Å². The van der Waals surface area contributed by atoms with E-state index in [9.17, 15) is 4.79 Å². The Morgan fingerprint density at radius 1 is 1.60 bits per heavy atom. The molecular weight excluding hydrogens is 241 g/mol. The second-order valence-electron chi connectivity index (χ2n) is 1.69. The highest BCUT2D eigenvalue weighted by molar-refractivity contribution is 14.1. The van der Waals surface area contributed by atoms with Gasteiger partial charge < -0.3 is 4.98 Å². The van der Waals surface area contributed by atoms with Crippen molar-refractivity contribution >= 4 is 22.6 Å². The molecule has 1 N–H and O–H groups in total. The summed E-state index contributed by atoms with van der Waals surface area (Å²) in [5, 5.41) is 0. The molecule has 50 valence electrons. The van der Waals surface area contributed by atoms with Gasteiger partial charge in [-0.15, -0.1) is 6.42 Å². The van der Waals surface area contributed by atoms with Crippen molar-refractivity contribution in [1.29, 1.82) is 0 Å². The minimum atomic E-state index is -0.159. The van der Waals surface area contributed by atoms with Crippen molar-refractivity contribution in [1.82, 2.24) is 4.98 Å². The molecule has 0 spiro atoms. The number of hydrogen-bond donors (Lipinski definition) is 1. The van der Waals surface area contributed by atoms with Crippen LogP contribution < -0.4 is 5.56 Å². The van der Waals surface area contributed by atoms with Gasteiger partial charge in [-0.3, -0.25) is 4.79 Å². The number of H-pyrrole nitrogens is 1. The normalized spacial score (nSPS) is 8.80. The molecule has 0 saturated heterocycles. The van der Waals surface area contributed by atoms with Crippen LogP contribution in [0.4, 0.5) is 0 Å². The molecule has 0 unspecified atom stereocenters. The monoisotopic (exact) mass is 245 g/mol. The van der Waals surface area contributed by atoms with E-state index in [-0.39, 0.29) is 5.56 Å². The van der Waals surface area contributed by atoms with Gasteiger partial charge in [0, 0.05) is 9.64 Å². The number of terminal acetylenes is 1. The van der Waals surface area contributed by atoms with E-state index in [4.69, 9.17) is 6.42 Å². The van der Waals surface area contributed by atoms with E-state index in [1.165, 1.54) is 6.07 Å². The van der Waals surface area contributed by atoms with Gasteiger partial charge in [-0.05, 0) is 28.7 Å². The van der Waals surface area contributed by atoms with Gasteiger partial charge in [-0.25, -0.2) is 0 Å². The molecule has 3 heteroatoms. The first-order chi connectivity index (χ1) is 4.74. The first-order valence-electron chi connectivity index (χ1n) is 2.59. The van der Waals surface area contributed by atoms with Crippen LogP contribution in [-0.2, 0) is 0 Å². The lowest BCUT2D eigenvalue weighted by molar-refractivity contribution is 1.19. The molecule has 0 aliphatic heterocycles. The fourth-order valence-electron chi connectivity index (χ4n) is 0.562. The van der Waals surface area contributed by atoms with Crippen LogP contribution in [0.1, 0.15) is 5.69 Å². The number of aromatic nitrogens is 1. The molecule has 1 rings (SSSR count). The molecule has 0 aromatic carbocycles. The molecule has 1 heterocycles. The summed E-state index contributed by atoms with van der Waals surface area (Å²) in [5.74, 6) is 2.37. The van der Waals surface area contributed by atoms with Gasteiger partial charge in [0.25, 0.3) is 0 Å². The minimum Gasteiger partial charge on any atom is -0.315 e. The first kappa shape index (κ1) is 7.35. The van der Waals surface area contributed by atoms with Crippen molar-refractivity contribution in [3.8, 4) is 12.3 Å². The van der Waals surface area contributed by atoms with Crippen LogP contribution in [0.25, 0.3) is 0 Å². The van der Waals surface area contributed by atoms with Crippen molar-refractivity contribution in [2.75, 3.05) is 0 Å². The summed E-state index contributed by atoms with van der Waals surface area (Å²) in [6.45, 7) is 0. The summed E-state index contributed by atoms with van der Waals surface area (Å²) >= 11 is 2.06. The number of hydrogen-bond acceptors (Lipinski definition) is 1. The third kappa shape index (κ3) is 1.39. The molecule has 0 saturated carbocycles. The van der Waals surface area contributed by atoms with Crippen molar-refractivity contribution in [3.63, 3.8) is 0 Å². The van der Waals surface area contributed by atoms with E-state index < -0.39 is 0 Å². The number of rotatable bonds is 0. The number of halogens is 1. The molecule has 1 aromatic heterocycles. The zero-order valence-electron chi connectivity index (χ0n) is 5.02. The van der Waals surface area contributed by atoms with E-state index in [0.717, 1.165) is 3.57 Å². The Bertz CT molecular complexity index is 334. The van der Waals surface area contributed by atoms with E-state index in [1.807, 2.05) is 0 Å². The van der Waals surface area contributed by atoms with Crippen LogP contribution in [0, 0.1) is 15.9 Å². The largest absolute Gasteiger partial charge is 0.315 e. The summed E-state index contributed by atoms with van der Waals surface area (Å²) < 4.78 is 0.889. The summed E-state index contributed by atoms with van der Waals surface area (Å²) in [6.07, 6.45) is 5.09. The number of pyridine rings is 1. The Balaban J connectivity index is 3.40. The zero-order valence-corrected chi connectivity index (χ0v) is 7.18. The lowest BCUT2D eigenvalue weighted by atomic mass is 10.4. The Labute approximate surface area is 71.8 Å². The average Bonchev–Trinajstić information content (AvgIpc) is 1.94. The van der Waals surface area contributed by atoms with Crippen LogP contribution >= 0.6 is 22.6 Å². The Kier molecular flexibility index (Phi) is 2.12. The molecule has 10 heavy (non-hydrogen) atoms. The fraction of sp³-hybridized carbons (Fsp3) is 0. The van der Waals surface area contributed by atoms with Crippen LogP contribution in [0.15, 0.2) is 16.9 Å². The van der Waals surface area contributed by atoms with Gasteiger partial charge in [0.2, 0.25) is 5.56 Å². The van der Waals surface area contributed by atoms with Crippen LogP contribution in [0.3, 0.4) is 0 Å². The number of aromatic amines is 1. The lowest BCUT2D eigenvalue weighted by Gasteiger charge is -1.91. The summed E-state index contributed by atoms with van der Waals surface area (Å²) in [4.78, 5) is 13.2. The van der Waals surface area contributed by atoms with Crippen LogP contribution in [0.2, 0.25) is 0 Å². The molecular formula is C7H4INO. The second-order valence-corrected chi connectivity index (χ2v) is 2.85. The third-order valence-electron chi connectivity index (χ3n) is 1.01. The van der Waals surface area contributed by atoms with Gasteiger partial charge in [-0.2, -0.15) is 0 Å². The Morgan fingerprint density at radius 3 is 2.80 bits per heavy atom. The predicted molar refractivity (Wildman–Crippen MR) is 47.7 cm³/mol. The summed E-state index contributed by atoms with van der Waals surface area (Å²) in [6, 6.07) is 3.14. The van der Waals surface area contributed by atoms with Gasteiger partial charge in [-0.1, -0.05) is 5.92 Å². The molecule has 0 aliphatic rings. The van der Waals surface area contributed by atoms with E-state index >= 15 is 0 Å². The summed E-state index contributed by atoms with van der Waals surface area (Å²) in [5.41, 5.74) is 0.390. The predicted octanol–water partition coefficient (Wildman–Crippen LogP) is 0.961. The second kappa shape index (κ2) is 2.88. The lowest BCUT2D eigenvalue weighted by Crippen LogP contribution is -2.06. The van der Waals surface area contributed by atoms with E-state index in [2.05, 4.69) is 33.5 Å². The maximum absolute atomic E-state index is 10.6. The summed E-state index contributed by atoms with van der Waals surface area (Å²) in [7, 11) is 0. The quantitative estimate of drug-likeness (QED) is 0.536. The topological polar surface area (TPSA) is 32.9 Å². The van der Waals surface area contributed by atoms with E-state index in [1.54, 1.807) is 6.07 Å². The number of nitrogens with one attached hydrogen (secondary N) is 1. The van der Waals surface area contributed by atoms with Gasteiger partial charge in [0.15, 0.2) is 0 Å². The first-order valence-corrected chi connectivity index (χ1v) is 3.67. The maximum Gasteiger partial charge on any atom is 0.248 e. The molecule has 0 radical (unpaired) electrons. The van der Waals surface area contributed by atoms with Crippen LogP contribution in [-0.4, -0.2) is 4.98 Å². The molecule has 0 bridgehead atoms. The SMILES string of the molecule is C#Cc1[nH]c(=O)ccc1I. The van der Waals surface area contributed by atoms with Crippen molar-refractivity contribution in [2.24, 2.45) is 0 Å². The molecule has 0 aliphatic carbocycles. The zero-order chi connectivity index (χ0) is 7.56. The van der Waals surface area contributed by atoms with Gasteiger partial charge in [0.05, 0.1) is 0 Å². The molecule has 0 amide bonds. The fourth-order valence-corrected chi connectivity index (χ4v) is 1.03. The highest BCUT2D eigenvalue weighted by atomic mass is 127. The molecule has 0 fully saturated rings. The van der Waals surface area contributed by atoms with Crippen LogP contribution in [0.5, 0.6) is 0 Å². The Hall–Kier alpha value is -0.760. The molecule has 0 atom stereocenters. The average molecular weight is 245 g/mol. The van der Waals surface area contributed by atoms with Crippen molar-refractivity contribution in [2.45, 2.75) is 0 Å². The highest BCUT2D eigenvalue weighted by Crippen LogP contribution is 2.03. The van der Waals surface area contributed by atoms with E-state index in [0.29, 0.717) is 5.69 Å². The Morgan fingerprint density at radius 2 is 2.30 bits per heavy atom. The molecule has 2 nitrogen and oxygen atoms in total.